The van der Waals surface area contributed by atoms with Crippen LogP contribution in [-0.4, -0.2) is 34.5 Å². The zero-order chi connectivity index (χ0) is 27.6. The van der Waals surface area contributed by atoms with E-state index in [-0.39, 0.29) is 10.6 Å². The number of nitrogens with one attached hydrogen (secondary N) is 2. The molecule has 2 rings (SSSR count). The molecule has 3 N–H and O–H groups in total. The molecule has 0 radical (unpaired) electrons. The summed E-state index contributed by atoms with van der Waals surface area (Å²) in [5, 5.41) is 10.4. The molecule has 0 heterocycles. The topological polar surface area (TPSA) is 117 Å². The summed E-state index contributed by atoms with van der Waals surface area (Å²) >= 11 is 5.81. The van der Waals surface area contributed by atoms with Gasteiger partial charge in [0, 0.05) is 6.07 Å². The van der Waals surface area contributed by atoms with Crippen LogP contribution in [0.4, 0.5) is 39.8 Å². The Morgan fingerprint density at radius 3 is 1.92 bits per heavy atom. The van der Waals surface area contributed by atoms with Crippen molar-refractivity contribution < 1.29 is 42.2 Å². The Morgan fingerprint density at radius 1 is 0.917 bits per heavy atom. The lowest BCUT2D eigenvalue weighted by atomic mass is 10.1. The van der Waals surface area contributed by atoms with Crippen molar-refractivity contribution in [2.75, 3.05) is 15.7 Å². The molecule has 9 nitrogen and oxygen atoms in total. The fraction of sp³-hybridized carbons (Fsp3) is 0.348. The highest BCUT2D eigenvalue weighted by Gasteiger charge is 2.37. The highest BCUT2D eigenvalue weighted by atomic mass is 35.5. The van der Waals surface area contributed by atoms with E-state index in [0.717, 1.165) is 18.2 Å². The smallest absolute Gasteiger partial charge is 0.424 e. The molecule has 13 heteroatoms. The SMILES string of the molecule is CC(C)(C)OC(=O)N(C(=O)OC(C)(C)C)c1c(F)ccc(NC(=O)c2cc(NO)cc(F)c2Cl)c1F. The molecule has 0 saturated heterocycles. The number of hydrogen-bond donors (Lipinski definition) is 3. The van der Waals surface area contributed by atoms with Gasteiger partial charge in [0.1, 0.15) is 22.7 Å². The summed E-state index contributed by atoms with van der Waals surface area (Å²) in [4.78, 5) is 38.3. The Labute approximate surface area is 210 Å². The maximum atomic E-state index is 15.5. The van der Waals surface area contributed by atoms with Gasteiger partial charge in [-0.15, -0.1) is 0 Å². The lowest BCUT2D eigenvalue weighted by molar-refractivity contribution is 0.0426. The summed E-state index contributed by atoms with van der Waals surface area (Å²) in [6, 6.07) is 3.27. The van der Waals surface area contributed by atoms with Crippen LogP contribution in [0.15, 0.2) is 24.3 Å². The van der Waals surface area contributed by atoms with Gasteiger partial charge in [0.05, 0.1) is 22.0 Å². The third-order valence-corrected chi connectivity index (χ3v) is 4.48. The van der Waals surface area contributed by atoms with Crippen molar-refractivity contribution in [1.29, 1.82) is 0 Å². The molecule has 0 aliphatic carbocycles. The van der Waals surface area contributed by atoms with Crippen molar-refractivity contribution in [3.63, 3.8) is 0 Å². The van der Waals surface area contributed by atoms with E-state index in [9.17, 15) is 23.2 Å². The van der Waals surface area contributed by atoms with Gasteiger partial charge >= 0.3 is 12.2 Å². The molecule has 36 heavy (non-hydrogen) atoms. The zero-order valence-electron chi connectivity index (χ0n) is 20.3. The number of rotatable bonds is 4. The monoisotopic (exact) mass is 531 g/mol. The van der Waals surface area contributed by atoms with Crippen LogP contribution in [0.3, 0.4) is 0 Å². The molecular weight excluding hydrogens is 507 g/mol. The van der Waals surface area contributed by atoms with E-state index in [1.54, 1.807) is 5.48 Å². The van der Waals surface area contributed by atoms with Gasteiger partial charge < -0.3 is 14.8 Å². The van der Waals surface area contributed by atoms with Crippen LogP contribution in [0.5, 0.6) is 0 Å². The van der Waals surface area contributed by atoms with Crippen LogP contribution in [0.25, 0.3) is 0 Å². The first-order chi connectivity index (χ1) is 16.4. The van der Waals surface area contributed by atoms with Crippen molar-refractivity contribution in [3.05, 3.63) is 52.3 Å². The maximum absolute atomic E-state index is 15.5. The number of benzene rings is 2. The van der Waals surface area contributed by atoms with Crippen LogP contribution in [-0.2, 0) is 9.47 Å². The van der Waals surface area contributed by atoms with Crippen molar-refractivity contribution >= 4 is 46.8 Å². The summed E-state index contributed by atoms with van der Waals surface area (Å²) in [6.07, 6.45) is -2.88. The summed E-state index contributed by atoms with van der Waals surface area (Å²) in [6.45, 7) is 8.83. The molecule has 0 unspecified atom stereocenters. The molecule has 0 saturated carbocycles. The van der Waals surface area contributed by atoms with Crippen LogP contribution in [0, 0.1) is 17.5 Å². The van der Waals surface area contributed by atoms with E-state index in [0.29, 0.717) is 6.07 Å². The highest BCUT2D eigenvalue weighted by molar-refractivity contribution is 6.34. The second-order valence-electron chi connectivity index (χ2n) is 9.44. The van der Waals surface area contributed by atoms with E-state index >= 15 is 4.39 Å². The number of nitrogens with zero attached hydrogens (tertiary/aromatic N) is 1. The Hall–Kier alpha value is -3.51. The average Bonchev–Trinajstić information content (AvgIpc) is 2.72. The number of ether oxygens (including phenoxy) is 2. The summed E-state index contributed by atoms with van der Waals surface area (Å²) < 4.78 is 54.5. The largest absolute Gasteiger partial charge is 0.443 e. The van der Waals surface area contributed by atoms with Gasteiger partial charge in [-0.1, -0.05) is 11.6 Å². The number of carbonyl (C=O) groups is 3. The minimum Gasteiger partial charge on any atom is -0.443 e. The van der Waals surface area contributed by atoms with E-state index < -0.39 is 68.7 Å². The summed E-state index contributed by atoms with van der Waals surface area (Å²) in [7, 11) is 0. The molecule has 196 valence electrons. The molecule has 0 spiro atoms. The summed E-state index contributed by atoms with van der Waals surface area (Å²) in [5.74, 6) is -5.10. The third-order valence-electron chi connectivity index (χ3n) is 4.09. The zero-order valence-corrected chi connectivity index (χ0v) is 21.0. The molecule has 0 fully saturated rings. The Bertz CT molecular complexity index is 1170. The molecule has 0 aliphatic rings. The molecule has 0 atom stereocenters. The molecular formula is C23H25ClF3N3O6. The molecule has 3 amide bonds. The van der Waals surface area contributed by atoms with Gasteiger partial charge in [-0.2, -0.15) is 4.90 Å². The number of carbonyl (C=O) groups excluding carboxylic acids is 3. The van der Waals surface area contributed by atoms with Gasteiger partial charge in [0.2, 0.25) is 0 Å². The van der Waals surface area contributed by atoms with Crippen LogP contribution >= 0.6 is 11.6 Å². The first-order valence-corrected chi connectivity index (χ1v) is 10.8. The molecule has 2 aromatic carbocycles. The second kappa shape index (κ2) is 10.6. The van der Waals surface area contributed by atoms with Crippen molar-refractivity contribution in [2.45, 2.75) is 52.7 Å². The number of imide groups is 1. The highest BCUT2D eigenvalue weighted by Crippen LogP contribution is 2.33. The Morgan fingerprint density at radius 2 is 1.44 bits per heavy atom. The lowest BCUT2D eigenvalue weighted by Gasteiger charge is -2.29. The van der Waals surface area contributed by atoms with Crippen LogP contribution in [0.1, 0.15) is 51.9 Å². The van der Waals surface area contributed by atoms with E-state index in [4.69, 9.17) is 26.3 Å². The quantitative estimate of drug-likeness (QED) is 0.386. The fourth-order valence-electron chi connectivity index (χ4n) is 2.72. The lowest BCUT2D eigenvalue weighted by Crippen LogP contribution is -2.44. The predicted octanol–water partition coefficient (Wildman–Crippen LogP) is 6.49. The van der Waals surface area contributed by atoms with Crippen molar-refractivity contribution in [2.24, 2.45) is 0 Å². The van der Waals surface area contributed by atoms with Gasteiger partial charge in [0.15, 0.2) is 11.6 Å². The van der Waals surface area contributed by atoms with Gasteiger partial charge in [-0.3, -0.25) is 15.5 Å². The van der Waals surface area contributed by atoms with Gasteiger partial charge in [-0.05, 0) is 59.7 Å². The standard InChI is InChI=1S/C23H25ClF3N3O6/c1-22(2,3)35-20(32)30(21(33)36-23(4,5)6)18-13(25)7-8-15(17(18)27)28-19(31)12-9-11(29-34)10-14(26)16(12)24/h7-10,29,34H,1-6H3,(H,28,31). The number of amides is 3. The molecule has 0 aliphatic heterocycles. The fourth-order valence-corrected chi connectivity index (χ4v) is 2.92. The van der Waals surface area contributed by atoms with E-state index in [1.807, 2.05) is 0 Å². The van der Waals surface area contributed by atoms with Gasteiger partial charge in [-0.25, -0.2) is 22.8 Å². The Kier molecular flexibility index (Phi) is 8.48. The van der Waals surface area contributed by atoms with Gasteiger partial charge in [0.25, 0.3) is 5.91 Å². The first-order valence-electron chi connectivity index (χ1n) is 10.4. The van der Waals surface area contributed by atoms with E-state index in [1.165, 1.54) is 41.5 Å². The van der Waals surface area contributed by atoms with E-state index in [2.05, 4.69) is 5.32 Å². The minimum atomic E-state index is -1.53. The maximum Gasteiger partial charge on any atom is 0.424 e. The number of anilines is 3. The Balaban J connectivity index is 2.58. The third kappa shape index (κ3) is 7.01. The first kappa shape index (κ1) is 28.7. The minimum absolute atomic E-state index is 0.0276. The molecule has 2 aromatic rings. The molecule has 0 aromatic heterocycles. The number of hydrogen-bond acceptors (Lipinski definition) is 7. The normalized spacial score (nSPS) is 11.5. The van der Waals surface area contributed by atoms with Crippen LogP contribution in [0.2, 0.25) is 5.02 Å². The summed E-state index contributed by atoms with van der Waals surface area (Å²) in [5.41, 5.74) is -3.26. The van der Waals surface area contributed by atoms with Crippen molar-refractivity contribution in [3.8, 4) is 0 Å². The predicted molar refractivity (Wildman–Crippen MR) is 126 cm³/mol. The second-order valence-corrected chi connectivity index (χ2v) is 9.82. The number of halogens is 4. The average molecular weight is 532 g/mol. The van der Waals surface area contributed by atoms with Crippen LogP contribution < -0.4 is 15.7 Å². The molecule has 0 bridgehead atoms. The van der Waals surface area contributed by atoms with Crippen molar-refractivity contribution in [1.82, 2.24) is 0 Å².